The van der Waals surface area contributed by atoms with Crippen LogP contribution in [0.25, 0.3) is 0 Å². The first-order chi connectivity index (χ1) is 3.12. The Balaban J connectivity index is -0.000000180. The lowest BCUT2D eigenvalue weighted by atomic mass is 10.1. The zero-order valence-electron chi connectivity index (χ0n) is 6.06. The van der Waals surface area contributed by atoms with Crippen LogP contribution in [0, 0.1) is 0 Å². The first-order valence-electron chi connectivity index (χ1n) is 2.33. The molecule has 0 aromatic heterocycles. The van der Waals surface area contributed by atoms with Crippen LogP contribution in [-0.4, -0.2) is 5.66 Å². The molecule has 0 aliphatic carbocycles. The van der Waals surface area contributed by atoms with E-state index in [2.05, 4.69) is 6.58 Å². The Hall–Kier alpha value is -0.420. The standard InChI is InChI=1S/C5H12N2.2H3N/c1-3-5(6,7)4-2;;/h3H,1,4,6-7H2,2H3;2*1H3. The molecule has 0 rings (SSSR count). The van der Waals surface area contributed by atoms with Gasteiger partial charge in [-0.1, -0.05) is 19.6 Å². The monoisotopic (exact) mass is 134 g/mol. The maximum Gasteiger partial charge on any atom is 0.0822 e. The second kappa shape index (κ2) is 5.71. The van der Waals surface area contributed by atoms with Gasteiger partial charge in [0.25, 0.3) is 0 Å². The van der Waals surface area contributed by atoms with Crippen molar-refractivity contribution in [2.24, 2.45) is 11.5 Å². The molecule has 0 aliphatic rings. The minimum atomic E-state index is -0.653. The number of rotatable bonds is 2. The molecular formula is C5H18N4. The fourth-order valence-corrected chi connectivity index (χ4v) is 0.144. The smallest absolute Gasteiger partial charge is 0.0822 e. The molecule has 0 saturated carbocycles. The molecule has 0 aromatic carbocycles. The van der Waals surface area contributed by atoms with Gasteiger partial charge in [-0.05, 0) is 6.42 Å². The zero-order valence-corrected chi connectivity index (χ0v) is 6.06. The van der Waals surface area contributed by atoms with E-state index in [1.54, 1.807) is 6.08 Å². The average molecular weight is 134 g/mol. The van der Waals surface area contributed by atoms with Crippen molar-refractivity contribution >= 4 is 0 Å². The molecular weight excluding hydrogens is 116 g/mol. The molecule has 0 bridgehead atoms. The third-order valence-corrected chi connectivity index (χ3v) is 0.992. The van der Waals surface area contributed by atoms with Gasteiger partial charge in [-0.15, -0.1) is 0 Å². The maximum atomic E-state index is 5.38. The first kappa shape index (κ1) is 15.8. The van der Waals surface area contributed by atoms with Crippen molar-refractivity contribution in [3.63, 3.8) is 0 Å². The van der Waals surface area contributed by atoms with Crippen molar-refractivity contribution in [3.05, 3.63) is 12.7 Å². The lowest BCUT2D eigenvalue weighted by Gasteiger charge is -2.15. The molecule has 10 N–H and O–H groups in total. The molecule has 0 fully saturated rings. The number of hydrogen-bond acceptors (Lipinski definition) is 4. The molecule has 0 unspecified atom stereocenters. The predicted molar refractivity (Wildman–Crippen MR) is 41.6 cm³/mol. The summed E-state index contributed by atoms with van der Waals surface area (Å²) in [6, 6.07) is 0. The summed E-state index contributed by atoms with van der Waals surface area (Å²) in [7, 11) is 0. The van der Waals surface area contributed by atoms with Crippen LogP contribution in [0.15, 0.2) is 12.7 Å². The Morgan fingerprint density at radius 3 is 1.78 bits per heavy atom. The first-order valence-corrected chi connectivity index (χ1v) is 2.33. The van der Waals surface area contributed by atoms with Crippen molar-refractivity contribution in [2.75, 3.05) is 0 Å². The molecule has 4 nitrogen and oxygen atoms in total. The SMILES string of the molecule is C=CC(N)(N)CC.N.N. The second-order valence-electron chi connectivity index (χ2n) is 1.67. The van der Waals surface area contributed by atoms with Gasteiger partial charge < -0.3 is 23.8 Å². The van der Waals surface area contributed by atoms with Crippen LogP contribution in [0.4, 0.5) is 0 Å². The third-order valence-electron chi connectivity index (χ3n) is 0.992. The van der Waals surface area contributed by atoms with E-state index in [4.69, 9.17) is 11.5 Å². The van der Waals surface area contributed by atoms with Gasteiger partial charge in [0.1, 0.15) is 0 Å². The Kier molecular flexibility index (Phi) is 10.0. The van der Waals surface area contributed by atoms with E-state index in [0.717, 1.165) is 6.42 Å². The Morgan fingerprint density at radius 1 is 1.44 bits per heavy atom. The summed E-state index contributed by atoms with van der Waals surface area (Å²) in [6.45, 7) is 5.37. The second-order valence-corrected chi connectivity index (χ2v) is 1.67. The molecule has 0 atom stereocenters. The zero-order chi connectivity index (χ0) is 5.91. The molecule has 58 valence electrons. The van der Waals surface area contributed by atoms with Crippen molar-refractivity contribution in [2.45, 2.75) is 19.0 Å². The quantitative estimate of drug-likeness (QED) is 0.325. The summed E-state index contributed by atoms with van der Waals surface area (Å²) in [6.07, 6.45) is 2.28. The van der Waals surface area contributed by atoms with E-state index >= 15 is 0 Å². The van der Waals surface area contributed by atoms with E-state index in [9.17, 15) is 0 Å². The molecule has 9 heavy (non-hydrogen) atoms. The van der Waals surface area contributed by atoms with Gasteiger partial charge in [-0.3, -0.25) is 0 Å². The van der Waals surface area contributed by atoms with Crippen molar-refractivity contribution in [3.8, 4) is 0 Å². The van der Waals surface area contributed by atoms with Crippen LogP contribution >= 0.6 is 0 Å². The Morgan fingerprint density at radius 2 is 1.78 bits per heavy atom. The van der Waals surface area contributed by atoms with Gasteiger partial charge in [-0.25, -0.2) is 0 Å². The van der Waals surface area contributed by atoms with E-state index in [0.29, 0.717) is 0 Å². The third kappa shape index (κ3) is 7.58. The lowest BCUT2D eigenvalue weighted by molar-refractivity contribution is 0.535. The van der Waals surface area contributed by atoms with Gasteiger partial charge in [0, 0.05) is 0 Å². The number of nitrogens with two attached hydrogens (primary N) is 2. The summed E-state index contributed by atoms with van der Waals surface area (Å²) in [5, 5.41) is 0. The summed E-state index contributed by atoms with van der Waals surface area (Å²) in [5.41, 5.74) is 10.1. The van der Waals surface area contributed by atoms with Crippen LogP contribution in [0.3, 0.4) is 0 Å². The maximum absolute atomic E-state index is 5.38. The highest BCUT2D eigenvalue weighted by atomic mass is 14.9. The topological polar surface area (TPSA) is 122 Å². The van der Waals surface area contributed by atoms with Crippen molar-refractivity contribution < 1.29 is 0 Å². The summed E-state index contributed by atoms with van der Waals surface area (Å²) in [5.74, 6) is 0. The van der Waals surface area contributed by atoms with Crippen LogP contribution in [0.5, 0.6) is 0 Å². The summed E-state index contributed by atoms with van der Waals surface area (Å²) in [4.78, 5) is 0. The highest BCUT2D eigenvalue weighted by molar-refractivity contribution is 4.93. The molecule has 0 heterocycles. The van der Waals surface area contributed by atoms with Gasteiger partial charge in [-0.2, -0.15) is 0 Å². The van der Waals surface area contributed by atoms with E-state index < -0.39 is 5.66 Å². The molecule has 0 spiro atoms. The van der Waals surface area contributed by atoms with E-state index in [1.807, 2.05) is 6.92 Å². The molecule has 4 heteroatoms. The molecule has 0 aromatic rings. The fraction of sp³-hybridized carbons (Fsp3) is 0.600. The van der Waals surface area contributed by atoms with Crippen LogP contribution in [-0.2, 0) is 0 Å². The lowest BCUT2D eigenvalue weighted by Crippen LogP contribution is -2.46. The van der Waals surface area contributed by atoms with Gasteiger partial charge in [0.2, 0.25) is 0 Å². The minimum Gasteiger partial charge on any atom is -0.344 e. The van der Waals surface area contributed by atoms with Gasteiger partial charge in [0.15, 0.2) is 0 Å². The Labute approximate surface area is 56.5 Å². The van der Waals surface area contributed by atoms with Gasteiger partial charge >= 0.3 is 0 Å². The van der Waals surface area contributed by atoms with Crippen molar-refractivity contribution in [1.82, 2.24) is 12.3 Å². The normalized spacial score (nSPS) is 8.78. The minimum absolute atomic E-state index is 0. The van der Waals surface area contributed by atoms with E-state index in [-0.39, 0.29) is 12.3 Å². The summed E-state index contributed by atoms with van der Waals surface area (Å²) >= 11 is 0. The predicted octanol–water partition coefficient (Wildman–Crippen LogP) is 0.520. The molecule has 0 radical (unpaired) electrons. The highest BCUT2D eigenvalue weighted by Crippen LogP contribution is 1.94. The molecule has 0 saturated heterocycles. The highest BCUT2D eigenvalue weighted by Gasteiger charge is 2.07. The Bertz CT molecular complexity index is 69.4. The van der Waals surface area contributed by atoms with Crippen LogP contribution in [0.2, 0.25) is 0 Å². The average Bonchev–Trinajstić information content (AvgIpc) is 1.68. The van der Waals surface area contributed by atoms with Crippen molar-refractivity contribution in [1.29, 1.82) is 0 Å². The van der Waals surface area contributed by atoms with Crippen LogP contribution in [0.1, 0.15) is 13.3 Å². The van der Waals surface area contributed by atoms with E-state index in [1.165, 1.54) is 0 Å². The summed E-state index contributed by atoms with van der Waals surface area (Å²) < 4.78 is 0. The largest absolute Gasteiger partial charge is 0.344 e. The van der Waals surface area contributed by atoms with Crippen LogP contribution < -0.4 is 23.8 Å². The molecule has 0 aliphatic heterocycles. The fourth-order valence-electron chi connectivity index (χ4n) is 0.144. The molecule has 0 amide bonds. The van der Waals surface area contributed by atoms with Gasteiger partial charge in [0.05, 0.1) is 5.66 Å². The number of hydrogen-bond donors (Lipinski definition) is 4.